The molecule has 112 valence electrons. The van der Waals surface area contributed by atoms with Crippen LogP contribution in [0.5, 0.6) is 0 Å². The van der Waals surface area contributed by atoms with Crippen molar-refractivity contribution in [3.63, 3.8) is 0 Å². The highest BCUT2D eigenvalue weighted by Crippen LogP contribution is 2.34. The molecule has 2 amide bonds. The summed E-state index contributed by atoms with van der Waals surface area (Å²) < 4.78 is 5.37. The van der Waals surface area contributed by atoms with Crippen molar-refractivity contribution in [2.75, 3.05) is 11.9 Å². The number of nitrogens with one attached hydrogen (secondary N) is 1. The van der Waals surface area contributed by atoms with Gasteiger partial charge in [0.05, 0.1) is 5.39 Å². The number of furan rings is 1. The van der Waals surface area contributed by atoms with E-state index in [1.165, 1.54) is 0 Å². The molecular weight excluding hydrogens is 274 g/mol. The molecule has 0 aromatic carbocycles. The molecule has 0 radical (unpaired) electrons. The van der Waals surface area contributed by atoms with Crippen molar-refractivity contribution in [1.82, 2.24) is 4.98 Å². The third kappa shape index (κ3) is 2.59. The van der Waals surface area contributed by atoms with E-state index < -0.39 is 18.4 Å². The summed E-state index contributed by atoms with van der Waals surface area (Å²) in [4.78, 5) is 27.1. The quantitative estimate of drug-likeness (QED) is 0.758. The van der Waals surface area contributed by atoms with Gasteiger partial charge in [-0.3, -0.25) is 9.59 Å². The Morgan fingerprint density at radius 2 is 2.10 bits per heavy atom. The Morgan fingerprint density at radius 1 is 1.38 bits per heavy atom. The van der Waals surface area contributed by atoms with Crippen molar-refractivity contribution in [1.29, 1.82) is 0 Å². The molecule has 0 bridgehead atoms. The van der Waals surface area contributed by atoms with E-state index in [-0.39, 0.29) is 17.2 Å². The second kappa shape index (κ2) is 5.92. The number of pyridine rings is 1. The summed E-state index contributed by atoms with van der Waals surface area (Å²) in [6.07, 6.45) is 3.13. The maximum atomic E-state index is 11.5. The van der Waals surface area contributed by atoms with Gasteiger partial charge in [0.1, 0.15) is 12.3 Å². The SMILES string of the molecule is CCc1cnc2oc(C(N)=O)c(NC(=O)CO)c2c1CC. The van der Waals surface area contributed by atoms with Crippen LogP contribution in [-0.4, -0.2) is 28.5 Å². The van der Waals surface area contributed by atoms with Gasteiger partial charge < -0.3 is 20.6 Å². The number of carbonyl (C=O) groups excluding carboxylic acids is 2. The van der Waals surface area contributed by atoms with Crippen molar-refractivity contribution >= 4 is 28.6 Å². The molecule has 2 aromatic rings. The number of hydrogen-bond acceptors (Lipinski definition) is 5. The van der Waals surface area contributed by atoms with Crippen LogP contribution < -0.4 is 11.1 Å². The molecular formula is C14H17N3O4. The Morgan fingerprint density at radius 3 is 2.62 bits per heavy atom. The third-order valence-electron chi connectivity index (χ3n) is 3.28. The molecule has 2 aromatic heterocycles. The van der Waals surface area contributed by atoms with Crippen LogP contribution in [0.4, 0.5) is 5.69 Å². The Labute approximate surface area is 121 Å². The van der Waals surface area contributed by atoms with E-state index in [9.17, 15) is 9.59 Å². The van der Waals surface area contributed by atoms with Crippen LogP contribution in [0.2, 0.25) is 0 Å². The van der Waals surface area contributed by atoms with E-state index in [4.69, 9.17) is 15.3 Å². The number of hydrogen-bond donors (Lipinski definition) is 3. The van der Waals surface area contributed by atoms with Gasteiger partial charge in [-0.05, 0) is 24.0 Å². The third-order valence-corrected chi connectivity index (χ3v) is 3.28. The van der Waals surface area contributed by atoms with Gasteiger partial charge in [-0.1, -0.05) is 13.8 Å². The first kappa shape index (κ1) is 15.0. The molecule has 0 aliphatic rings. The fraction of sp³-hybridized carbons (Fsp3) is 0.357. The lowest BCUT2D eigenvalue weighted by Gasteiger charge is -2.08. The number of aliphatic hydroxyl groups is 1. The minimum atomic E-state index is -0.804. The number of aromatic nitrogens is 1. The lowest BCUT2D eigenvalue weighted by atomic mass is 10.0. The number of anilines is 1. The summed E-state index contributed by atoms with van der Waals surface area (Å²) in [7, 11) is 0. The van der Waals surface area contributed by atoms with E-state index in [0.29, 0.717) is 11.8 Å². The van der Waals surface area contributed by atoms with Gasteiger partial charge in [0.2, 0.25) is 17.4 Å². The lowest BCUT2D eigenvalue weighted by molar-refractivity contribution is -0.118. The minimum Gasteiger partial charge on any atom is -0.430 e. The van der Waals surface area contributed by atoms with Crippen LogP contribution in [0, 0.1) is 0 Å². The second-order valence-corrected chi connectivity index (χ2v) is 4.53. The summed E-state index contributed by atoms with van der Waals surface area (Å²) in [5.74, 6) is -1.62. The second-order valence-electron chi connectivity index (χ2n) is 4.53. The maximum absolute atomic E-state index is 11.5. The van der Waals surface area contributed by atoms with Gasteiger partial charge in [-0.2, -0.15) is 0 Å². The normalized spacial score (nSPS) is 10.8. The van der Waals surface area contributed by atoms with E-state index in [0.717, 1.165) is 17.5 Å². The van der Waals surface area contributed by atoms with E-state index >= 15 is 0 Å². The van der Waals surface area contributed by atoms with Crippen LogP contribution in [0.1, 0.15) is 35.5 Å². The van der Waals surface area contributed by atoms with Gasteiger partial charge >= 0.3 is 0 Å². The van der Waals surface area contributed by atoms with Crippen LogP contribution in [0.3, 0.4) is 0 Å². The predicted molar refractivity (Wildman–Crippen MR) is 77.0 cm³/mol. The Hall–Kier alpha value is -2.41. The molecule has 0 aliphatic heterocycles. The molecule has 2 rings (SSSR count). The fourth-order valence-corrected chi connectivity index (χ4v) is 2.35. The highest BCUT2D eigenvalue weighted by atomic mass is 16.4. The topological polar surface area (TPSA) is 118 Å². The number of nitrogens with two attached hydrogens (primary N) is 1. The number of amides is 2. The smallest absolute Gasteiger partial charge is 0.286 e. The Kier molecular flexibility index (Phi) is 4.23. The number of carbonyl (C=O) groups is 2. The lowest BCUT2D eigenvalue weighted by Crippen LogP contribution is -2.19. The number of rotatable bonds is 5. The van der Waals surface area contributed by atoms with Gasteiger partial charge in [-0.25, -0.2) is 4.98 Å². The molecule has 0 aliphatic carbocycles. The molecule has 0 saturated carbocycles. The molecule has 2 heterocycles. The molecule has 7 heteroatoms. The van der Waals surface area contributed by atoms with Crippen LogP contribution in [-0.2, 0) is 17.6 Å². The minimum absolute atomic E-state index is 0.165. The standard InChI is InChI=1S/C14H17N3O4/c1-3-7-5-16-14-10(8(7)4-2)11(17-9(19)6-18)12(21-14)13(15)20/h5,18H,3-4,6H2,1-2H3,(H2,15,20)(H,17,19). The number of aryl methyl sites for hydroxylation is 2. The first-order valence-electron chi connectivity index (χ1n) is 6.67. The highest BCUT2D eigenvalue weighted by Gasteiger charge is 2.24. The van der Waals surface area contributed by atoms with Crippen LogP contribution >= 0.6 is 0 Å². The molecule has 0 unspecified atom stereocenters. The molecule has 4 N–H and O–H groups in total. The largest absolute Gasteiger partial charge is 0.430 e. The zero-order chi connectivity index (χ0) is 15.6. The van der Waals surface area contributed by atoms with E-state index in [1.54, 1.807) is 6.20 Å². The van der Waals surface area contributed by atoms with Crippen molar-refractivity contribution in [3.05, 3.63) is 23.1 Å². The fourth-order valence-electron chi connectivity index (χ4n) is 2.35. The van der Waals surface area contributed by atoms with Crippen molar-refractivity contribution in [3.8, 4) is 0 Å². The van der Waals surface area contributed by atoms with Gasteiger partial charge in [0.25, 0.3) is 5.91 Å². The summed E-state index contributed by atoms with van der Waals surface area (Å²) in [6.45, 7) is 3.25. The Balaban J connectivity index is 2.78. The molecule has 0 spiro atoms. The van der Waals surface area contributed by atoms with Crippen LogP contribution in [0.15, 0.2) is 10.6 Å². The first-order valence-corrected chi connectivity index (χ1v) is 6.67. The van der Waals surface area contributed by atoms with Gasteiger partial charge in [0.15, 0.2) is 0 Å². The van der Waals surface area contributed by atoms with Crippen molar-refractivity contribution < 1.29 is 19.1 Å². The summed E-state index contributed by atoms with van der Waals surface area (Å²) >= 11 is 0. The molecule has 7 nitrogen and oxygen atoms in total. The van der Waals surface area contributed by atoms with Crippen molar-refractivity contribution in [2.45, 2.75) is 26.7 Å². The first-order chi connectivity index (χ1) is 10.0. The summed E-state index contributed by atoms with van der Waals surface area (Å²) in [5.41, 5.74) is 7.64. The van der Waals surface area contributed by atoms with Crippen LogP contribution in [0.25, 0.3) is 11.1 Å². The van der Waals surface area contributed by atoms with Crippen molar-refractivity contribution in [2.24, 2.45) is 5.73 Å². The monoisotopic (exact) mass is 291 g/mol. The maximum Gasteiger partial charge on any atom is 0.286 e. The molecule has 21 heavy (non-hydrogen) atoms. The number of aliphatic hydroxyl groups excluding tert-OH is 1. The van der Waals surface area contributed by atoms with E-state index in [2.05, 4.69) is 10.3 Å². The zero-order valence-electron chi connectivity index (χ0n) is 11.9. The Bertz CT molecular complexity index is 706. The number of primary amides is 1. The average Bonchev–Trinajstić information content (AvgIpc) is 2.84. The highest BCUT2D eigenvalue weighted by molar-refractivity contribution is 6.11. The predicted octanol–water partition coefficient (Wildman–Crippen LogP) is 0.982. The molecule has 0 atom stereocenters. The number of nitrogens with zero attached hydrogens (tertiary/aromatic N) is 1. The van der Waals surface area contributed by atoms with E-state index in [1.807, 2.05) is 13.8 Å². The number of fused-ring (bicyclic) bond motifs is 1. The zero-order valence-corrected chi connectivity index (χ0v) is 11.9. The molecule has 0 fully saturated rings. The van der Waals surface area contributed by atoms with Gasteiger partial charge in [0, 0.05) is 6.20 Å². The average molecular weight is 291 g/mol. The van der Waals surface area contributed by atoms with Gasteiger partial charge in [-0.15, -0.1) is 0 Å². The summed E-state index contributed by atoms with van der Waals surface area (Å²) in [6, 6.07) is 0. The molecule has 0 saturated heterocycles. The summed E-state index contributed by atoms with van der Waals surface area (Å²) in [5, 5.41) is 11.9.